The minimum atomic E-state index is -1.02. The molecule has 1 amide bonds. The molecule has 5 nitrogen and oxygen atoms in total. The summed E-state index contributed by atoms with van der Waals surface area (Å²) in [6, 6.07) is 21.3. The molecule has 0 aliphatic rings. The van der Waals surface area contributed by atoms with E-state index in [0.29, 0.717) is 23.2 Å². The molecular formula is C31H31F2N3O2. The summed E-state index contributed by atoms with van der Waals surface area (Å²) in [7, 11) is 0. The lowest BCUT2D eigenvalue weighted by Gasteiger charge is -2.25. The Kier molecular flexibility index (Phi) is 9.30. The number of halogens is 2. The van der Waals surface area contributed by atoms with Gasteiger partial charge in [0, 0.05) is 42.7 Å². The lowest BCUT2D eigenvalue weighted by atomic mass is 9.97. The third-order valence-electron chi connectivity index (χ3n) is 6.39. The first-order valence-corrected chi connectivity index (χ1v) is 12.6. The van der Waals surface area contributed by atoms with Crippen LogP contribution in [0.25, 0.3) is 11.1 Å². The maximum atomic E-state index is 13.9. The number of pyridine rings is 1. The van der Waals surface area contributed by atoms with Gasteiger partial charge < -0.3 is 15.7 Å². The van der Waals surface area contributed by atoms with E-state index in [1.165, 1.54) is 17.7 Å². The zero-order chi connectivity index (χ0) is 26.9. The van der Waals surface area contributed by atoms with E-state index in [-0.39, 0.29) is 13.0 Å². The first kappa shape index (κ1) is 27.1. The van der Waals surface area contributed by atoms with Crippen LogP contribution in [0, 0.1) is 11.6 Å². The number of hydrogen-bond acceptors (Lipinski definition) is 4. The van der Waals surface area contributed by atoms with E-state index >= 15 is 0 Å². The van der Waals surface area contributed by atoms with Gasteiger partial charge in [-0.05, 0) is 59.4 Å². The Labute approximate surface area is 221 Å². The number of aromatic nitrogens is 1. The highest BCUT2D eigenvalue weighted by Crippen LogP contribution is 2.23. The minimum absolute atomic E-state index is 0.0453. The van der Waals surface area contributed by atoms with Crippen LogP contribution in [-0.2, 0) is 19.4 Å². The van der Waals surface area contributed by atoms with Crippen LogP contribution in [0.4, 0.5) is 8.78 Å². The Morgan fingerprint density at radius 3 is 2.42 bits per heavy atom. The van der Waals surface area contributed by atoms with Crippen LogP contribution >= 0.6 is 0 Å². The largest absolute Gasteiger partial charge is 0.390 e. The summed E-state index contributed by atoms with van der Waals surface area (Å²) in [6.45, 7) is 2.79. The van der Waals surface area contributed by atoms with Crippen molar-refractivity contribution >= 4 is 5.91 Å². The Morgan fingerprint density at radius 2 is 1.68 bits per heavy atom. The van der Waals surface area contributed by atoms with Crippen molar-refractivity contribution in [2.24, 2.45) is 0 Å². The summed E-state index contributed by atoms with van der Waals surface area (Å²) >= 11 is 0. The zero-order valence-electron chi connectivity index (χ0n) is 21.2. The van der Waals surface area contributed by atoms with E-state index in [1.807, 2.05) is 30.3 Å². The zero-order valence-corrected chi connectivity index (χ0v) is 21.2. The van der Waals surface area contributed by atoms with Crippen molar-refractivity contribution in [3.8, 4) is 11.1 Å². The van der Waals surface area contributed by atoms with Gasteiger partial charge in [0.15, 0.2) is 0 Å². The number of carbonyl (C=O) groups excluding carboxylic acids is 1. The van der Waals surface area contributed by atoms with Gasteiger partial charge >= 0.3 is 0 Å². The maximum absolute atomic E-state index is 13.9. The molecule has 1 heterocycles. The predicted octanol–water partition coefficient (Wildman–Crippen LogP) is 5.08. The first-order valence-electron chi connectivity index (χ1n) is 12.6. The van der Waals surface area contributed by atoms with Crippen molar-refractivity contribution in [3.05, 3.63) is 125 Å². The second-order valence-corrected chi connectivity index (χ2v) is 9.22. The van der Waals surface area contributed by atoms with E-state index in [0.717, 1.165) is 23.6 Å². The highest BCUT2D eigenvalue weighted by molar-refractivity contribution is 6.01. The van der Waals surface area contributed by atoms with Gasteiger partial charge in [-0.1, -0.05) is 55.5 Å². The number of amides is 1. The molecular weight excluding hydrogens is 484 g/mol. The molecule has 0 saturated carbocycles. The molecule has 7 heteroatoms. The molecule has 3 N–H and O–H groups in total. The Bertz CT molecular complexity index is 1340. The smallest absolute Gasteiger partial charge is 0.252 e. The molecule has 0 radical (unpaired) electrons. The van der Waals surface area contributed by atoms with E-state index in [1.54, 1.807) is 30.6 Å². The summed E-state index contributed by atoms with van der Waals surface area (Å²) in [5.41, 5.74) is 4.51. The van der Waals surface area contributed by atoms with Crippen LogP contribution in [0.5, 0.6) is 0 Å². The van der Waals surface area contributed by atoms with Gasteiger partial charge in [0.05, 0.1) is 12.1 Å². The lowest BCUT2D eigenvalue weighted by Crippen LogP contribution is -2.48. The highest BCUT2D eigenvalue weighted by atomic mass is 19.1. The second kappa shape index (κ2) is 13.0. The molecule has 0 aliphatic carbocycles. The fourth-order valence-electron chi connectivity index (χ4n) is 4.43. The van der Waals surface area contributed by atoms with Crippen LogP contribution in [0.15, 0.2) is 91.3 Å². The molecule has 0 unspecified atom stereocenters. The summed E-state index contributed by atoms with van der Waals surface area (Å²) < 4.78 is 27.8. The number of benzene rings is 3. The summed E-state index contributed by atoms with van der Waals surface area (Å²) in [5, 5.41) is 17.2. The fourth-order valence-corrected chi connectivity index (χ4v) is 4.43. The van der Waals surface area contributed by atoms with Crippen molar-refractivity contribution in [3.63, 3.8) is 0 Å². The molecule has 0 fully saturated rings. The molecule has 4 aromatic rings. The monoisotopic (exact) mass is 515 g/mol. The molecule has 1 aromatic heterocycles. The number of aliphatic hydroxyl groups excluding tert-OH is 1. The Hall–Kier alpha value is -3.94. The minimum Gasteiger partial charge on any atom is -0.390 e. The number of aryl methyl sites for hydroxylation is 1. The Balaban J connectivity index is 1.52. The SMILES string of the molecule is CCc1cccc(CNC[C@H](O)[C@H](Cc2cc(F)cc(F)c2)NC(=O)c2ccccc2-c2cccnc2)c1. The fraction of sp³-hybridized carbons (Fsp3) is 0.226. The second-order valence-electron chi connectivity index (χ2n) is 9.22. The summed E-state index contributed by atoms with van der Waals surface area (Å²) in [5.74, 6) is -1.83. The number of nitrogens with zero attached hydrogens (tertiary/aromatic N) is 1. The van der Waals surface area contributed by atoms with Gasteiger partial charge in [0.2, 0.25) is 0 Å². The highest BCUT2D eigenvalue weighted by Gasteiger charge is 2.24. The Morgan fingerprint density at radius 1 is 0.921 bits per heavy atom. The molecule has 0 spiro atoms. The molecule has 196 valence electrons. The predicted molar refractivity (Wildman–Crippen MR) is 145 cm³/mol. The van der Waals surface area contributed by atoms with Crippen LogP contribution in [-0.4, -0.2) is 34.7 Å². The number of hydrogen-bond donors (Lipinski definition) is 3. The van der Waals surface area contributed by atoms with Gasteiger partial charge in [-0.3, -0.25) is 9.78 Å². The summed E-state index contributed by atoms with van der Waals surface area (Å²) in [4.78, 5) is 17.6. The molecule has 3 aromatic carbocycles. The van der Waals surface area contributed by atoms with Gasteiger partial charge in [0.25, 0.3) is 5.91 Å². The van der Waals surface area contributed by atoms with Crippen LogP contribution in [0.1, 0.15) is 34.0 Å². The topological polar surface area (TPSA) is 74.2 Å². The molecule has 38 heavy (non-hydrogen) atoms. The van der Waals surface area contributed by atoms with Crippen LogP contribution < -0.4 is 10.6 Å². The molecule has 0 bridgehead atoms. The van der Waals surface area contributed by atoms with E-state index in [4.69, 9.17) is 0 Å². The number of carbonyl (C=O) groups is 1. The van der Waals surface area contributed by atoms with E-state index in [2.05, 4.69) is 34.7 Å². The number of nitrogens with one attached hydrogen (secondary N) is 2. The normalized spacial score (nSPS) is 12.6. The molecule has 0 saturated heterocycles. The van der Waals surface area contributed by atoms with Gasteiger partial charge in [-0.25, -0.2) is 8.78 Å². The molecule has 0 aliphatic heterocycles. The third-order valence-corrected chi connectivity index (χ3v) is 6.39. The molecule has 2 atom stereocenters. The van der Waals surface area contributed by atoms with Crippen molar-refractivity contribution in [1.29, 1.82) is 0 Å². The van der Waals surface area contributed by atoms with E-state index in [9.17, 15) is 18.7 Å². The van der Waals surface area contributed by atoms with Gasteiger partial charge in [-0.2, -0.15) is 0 Å². The number of rotatable bonds is 11. The summed E-state index contributed by atoms with van der Waals surface area (Å²) in [6.07, 6.45) is 3.28. The van der Waals surface area contributed by atoms with Gasteiger partial charge in [0.1, 0.15) is 11.6 Å². The first-order chi connectivity index (χ1) is 18.4. The third kappa shape index (κ3) is 7.31. The van der Waals surface area contributed by atoms with Crippen molar-refractivity contribution in [1.82, 2.24) is 15.6 Å². The van der Waals surface area contributed by atoms with Crippen molar-refractivity contribution < 1.29 is 18.7 Å². The van der Waals surface area contributed by atoms with Crippen LogP contribution in [0.2, 0.25) is 0 Å². The standard InChI is InChI=1S/C31H31F2N3O2/c1-2-21-7-5-8-22(13-21)18-35-20-30(37)29(16-23-14-25(32)17-26(33)15-23)36-31(38)28-11-4-3-10-27(28)24-9-6-12-34-19-24/h3-15,17,19,29-30,35,37H,2,16,18,20H2,1H3,(H,36,38)/t29-,30-/m0/s1. The number of aliphatic hydroxyl groups is 1. The van der Waals surface area contributed by atoms with E-state index < -0.39 is 29.7 Å². The van der Waals surface area contributed by atoms with Gasteiger partial charge in [-0.15, -0.1) is 0 Å². The quantitative estimate of drug-likeness (QED) is 0.260. The molecule has 4 rings (SSSR count). The van der Waals surface area contributed by atoms with Crippen molar-refractivity contribution in [2.45, 2.75) is 38.5 Å². The average Bonchev–Trinajstić information content (AvgIpc) is 2.92. The van der Waals surface area contributed by atoms with Crippen molar-refractivity contribution in [2.75, 3.05) is 6.54 Å². The lowest BCUT2D eigenvalue weighted by molar-refractivity contribution is 0.0830. The maximum Gasteiger partial charge on any atom is 0.252 e. The average molecular weight is 516 g/mol. The van der Waals surface area contributed by atoms with Crippen LogP contribution in [0.3, 0.4) is 0 Å².